The number of carbonyl (C=O) groups excluding carboxylic acids is 2. The van der Waals surface area contributed by atoms with E-state index in [1.165, 1.54) is 9.21 Å². The molecule has 0 atom stereocenters. The Hall–Kier alpha value is -2.52. The molecule has 2 heterocycles. The molecular formula is C22H30N4O4S. The first-order valence-corrected chi connectivity index (χ1v) is 12.0. The van der Waals surface area contributed by atoms with Crippen LogP contribution in [-0.2, 0) is 21.2 Å². The third kappa shape index (κ3) is 4.88. The fraction of sp³-hybridized carbons (Fsp3) is 0.500. The quantitative estimate of drug-likeness (QED) is 0.716. The van der Waals surface area contributed by atoms with Gasteiger partial charge < -0.3 is 10.2 Å². The second-order valence-corrected chi connectivity index (χ2v) is 10.4. The van der Waals surface area contributed by atoms with Crippen LogP contribution in [0.2, 0.25) is 0 Å². The average Bonchev–Trinajstić information content (AvgIpc) is 3.01. The molecule has 0 saturated carbocycles. The van der Waals surface area contributed by atoms with E-state index in [1.54, 1.807) is 32.3 Å². The molecule has 8 nitrogen and oxygen atoms in total. The molecule has 1 aromatic carbocycles. The van der Waals surface area contributed by atoms with Crippen molar-refractivity contribution in [1.29, 1.82) is 0 Å². The summed E-state index contributed by atoms with van der Waals surface area (Å²) in [6, 6.07) is 5.36. The molecule has 1 aromatic rings. The van der Waals surface area contributed by atoms with Gasteiger partial charge in [-0.15, -0.1) is 0 Å². The second-order valence-electron chi connectivity index (χ2n) is 8.29. The van der Waals surface area contributed by atoms with Gasteiger partial charge in [-0.2, -0.15) is 0 Å². The van der Waals surface area contributed by atoms with E-state index in [9.17, 15) is 18.0 Å². The van der Waals surface area contributed by atoms with Gasteiger partial charge in [0.25, 0.3) is 11.8 Å². The van der Waals surface area contributed by atoms with Crippen LogP contribution in [0.25, 0.3) is 0 Å². The Labute approximate surface area is 184 Å². The van der Waals surface area contributed by atoms with Crippen molar-refractivity contribution in [1.82, 2.24) is 14.5 Å². The van der Waals surface area contributed by atoms with E-state index in [-0.39, 0.29) is 30.7 Å². The van der Waals surface area contributed by atoms with Gasteiger partial charge in [-0.3, -0.25) is 14.6 Å². The predicted molar refractivity (Wildman–Crippen MR) is 121 cm³/mol. The Morgan fingerprint density at radius 1 is 1.29 bits per heavy atom. The van der Waals surface area contributed by atoms with Crippen LogP contribution in [0.4, 0.5) is 0 Å². The Bertz CT molecular complexity index is 1040. The zero-order valence-corrected chi connectivity index (χ0v) is 19.3. The van der Waals surface area contributed by atoms with Crippen LogP contribution >= 0.6 is 0 Å². The molecule has 0 aliphatic carbocycles. The number of nitrogens with one attached hydrogen (secondary N) is 1. The van der Waals surface area contributed by atoms with Crippen LogP contribution in [0.5, 0.6) is 0 Å². The van der Waals surface area contributed by atoms with Crippen LogP contribution in [0.1, 0.15) is 41.3 Å². The molecule has 168 valence electrons. The highest BCUT2D eigenvalue weighted by molar-refractivity contribution is 7.89. The summed E-state index contributed by atoms with van der Waals surface area (Å²) in [5.74, 6) is 0.290. The first-order chi connectivity index (χ1) is 14.6. The summed E-state index contributed by atoms with van der Waals surface area (Å²) in [6.45, 7) is 4.29. The van der Waals surface area contributed by atoms with Crippen molar-refractivity contribution in [3.8, 4) is 0 Å². The molecule has 3 rings (SSSR count). The number of benzene rings is 1. The summed E-state index contributed by atoms with van der Waals surface area (Å²) in [6.07, 6.45) is 4.67. The summed E-state index contributed by atoms with van der Waals surface area (Å²) < 4.78 is 27.3. The van der Waals surface area contributed by atoms with Gasteiger partial charge in [-0.25, -0.2) is 12.7 Å². The number of hydrogen-bond acceptors (Lipinski definition) is 5. The van der Waals surface area contributed by atoms with Crippen molar-refractivity contribution < 1.29 is 18.0 Å². The first kappa shape index (κ1) is 23.1. The van der Waals surface area contributed by atoms with E-state index in [4.69, 9.17) is 0 Å². The number of allylic oxidation sites excluding steroid dienone is 1. The summed E-state index contributed by atoms with van der Waals surface area (Å²) in [4.78, 5) is 30.5. The zero-order chi connectivity index (χ0) is 22.8. The minimum Gasteiger partial charge on any atom is -0.345 e. The Balaban J connectivity index is 1.63. The van der Waals surface area contributed by atoms with E-state index in [0.29, 0.717) is 30.7 Å². The fourth-order valence-electron chi connectivity index (χ4n) is 3.99. The average molecular weight is 447 g/mol. The summed E-state index contributed by atoms with van der Waals surface area (Å²) in [7, 11) is -0.0673. The van der Waals surface area contributed by atoms with Crippen molar-refractivity contribution in [2.45, 2.75) is 38.6 Å². The van der Waals surface area contributed by atoms with Gasteiger partial charge in [-0.05, 0) is 62.4 Å². The van der Waals surface area contributed by atoms with E-state index in [1.807, 2.05) is 26.0 Å². The van der Waals surface area contributed by atoms with Crippen molar-refractivity contribution in [3.63, 3.8) is 0 Å². The number of amides is 2. The highest BCUT2D eigenvalue weighted by Gasteiger charge is 2.46. The van der Waals surface area contributed by atoms with Gasteiger partial charge in [0.2, 0.25) is 10.0 Å². The Kier molecular flexibility index (Phi) is 6.66. The lowest BCUT2D eigenvalue weighted by molar-refractivity contribution is -0.124. The van der Waals surface area contributed by atoms with Gasteiger partial charge in [0.05, 0.1) is 5.75 Å². The number of sulfonamides is 1. The van der Waals surface area contributed by atoms with Gasteiger partial charge in [0.15, 0.2) is 0 Å². The van der Waals surface area contributed by atoms with Gasteiger partial charge in [0, 0.05) is 32.7 Å². The number of hydrogen-bond donors (Lipinski definition) is 1. The Morgan fingerprint density at radius 2 is 1.97 bits per heavy atom. The normalized spacial score (nSPS) is 19.0. The standard InChI is InChI=1S/C22H30N4O4S/c1-5-6-19-23-21(28)22(24-19)10-12-26(13-11-22)31(29,30)14-9-17-7-8-18(15-16(17)2)20(27)25(3)4/h5-8,15H,9-14H2,1-4H3,(H,23,24,28). The zero-order valence-electron chi connectivity index (χ0n) is 18.5. The van der Waals surface area contributed by atoms with E-state index < -0.39 is 15.6 Å². The third-order valence-corrected chi connectivity index (χ3v) is 7.76. The van der Waals surface area contributed by atoms with Crippen LogP contribution < -0.4 is 5.32 Å². The van der Waals surface area contributed by atoms with Crippen LogP contribution in [0.3, 0.4) is 0 Å². The van der Waals surface area contributed by atoms with Gasteiger partial charge in [0.1, 0.15) is 11.4 Å². The maximum atomic E-state index is 12.9. The lowest BCUT2D eigenvalue weighted by Gasteiger charge is -2.34. The third-order valence-electron chi connectivity index (χ3n) is 5.89. The SMILES string of the molecule is CC=CC1=NC2(CCN(S(=O)(=O)CCc3ccc(C(=O)N(C)C)cc3C)CC2)C(=O)N1. The van der Waals surface area contributed by atoms with Gasteiger partial charge >= 0.3 is 0 Å². The number of nitrogens with zero attached hydrogens (tertiary/aromatic N) is 3. The fourth-order valence-corrected chi connectivity index (χ4v) is 5.46. The molecule has 2 aliphatic rings. The maximum absolute atomic E-state index is 12.9. The Morgan fingerprint density at radius 3 is 2.55 bits per heavy atom. The van der Waals surface area contributed by atoms with Crippen LogP contribution in [0.15, 0.2) is 35.3 Å². The molecule has 0 aromatic heterocycles. The number of amidine groups is 1. The summed E-state index contributed by atoms with van der Waals surface area (Å²) >= 11 is 0. The summed E-state index contributed by atoms with van der Waals surface area (Å²) in [5.41, 5.74) is 1.53. The van der Waals surface area contributed by atoms with Crippen molar-refractivity contribution >= 4 is 27.7 Å². The molecule has 0 unspecified atom stereocenters. The summed E-state index contributed by atoms with van der Waals surface area (Å²) in [5, 5.41) is 2.77. The topological polar surface area (TPSA) is 99.2 Å². The number of aryl methyl sites for hydroxylation is 2. The van der Waals surface area contributed by atoms with Gasteiger partial charge in [-0.1, -0.05) is 12.1 Å². The number of piperidine rings is 1. The largest absolute Gasteiger partial charge is 0.345 e. The molecule has 9 heteroatoms. The number of carbonyl (C=O) groups is 2. The number of rotatable bonds is 6. The lowest BCUT2D eigenvalue weighted by atomic mass is 9.89. The molecule has 0 radical (unpaired) electrons. The van der Waals surface area contributed by atoms with Crippen molar-refractivity contribution in [3.05, 3.63) is 47.0 Å². The lowest BCUT2D eigenvalue weighted by Crippen LogP contribution is -2.50. The van der Waals surface area contributed by atoms with E-state index >= 15 is 0 Å². The molecule has 1 saturated heterocycles. The molecule has 31 heavy (non-hydrogen) atoms. The molecule has 1 N–H and O–H groups in total. The molecule has 1 fully saturated rings. The van der Waals surface area contributed by atoms with E-state index in [2.05, 4.69) is 10.3 Å². The molecule has 2 amide bonds. The minimum absolute atomic E-state index is 0.0128. The predicted octanol–water partition coefficient (Wildman–Crippen LogP) is 1.51. The number of aliphatic imine (C=N–C) groups is 1. The van der Waals surface area contributed by atoms with E-state index in [0.717, 1.165) is 11.1 Å². The molecule has 0 bridgehead atoms. The van der Waals surface area contributed by atoms with Crippen molar-refractivity contribution in [2.75, 3.05) is 32.9 Å². The maximum Gasteiger partial charge on any atom is 0.253 e. The first-order valence-electron chi connectivity index (χ1n) is 10.4. The minimum atomic E-state index is -3.46. The van der Waals surface area contributed by atoms with Crippen molar-refractivity contribution in [2.24, 2.45) is 4.99 Å². The molecular weight excluding hydrogens is 416 g/mol. The molecule has 2 aliphatic heterocycles. The molecule has 1 spiro atoms. The highest BCUT2D eigenvalue weighted by Crippen LogP contribution is 2.31. The highest BCUT2D eigenvalue weighted by atomic mass is 32.2. The smallest absolute Gasteiger partial charge is 0.253 e. The monoisotopic (exact) mass is 446 g/mol. The van der Waals surface area contributed by atoms with Crippen LogP contribution in [-0.4, -0.2) is 73.7 Å². The second kappa shape index (κ2) is 8.92. The van der Waals surface area contributed by atoms with Crippen LogP contribution in [0, 0.1) is 6.92 Å².